The van der Waals surface area contributed by atoms with E-state index in [1.54, 1.807) is 6.92 Å². The lowest BCUT2D eigenvalue weighted by atomic mass is 10.0. The molecular formula is C23H30N2O2. The van der Waals surface area contributed by atoms with Crippen molar-refractivity contribution in [3.05, 3.63) is 65.2 Å². The van der Waals surface area contributed by atoms with Crippen molar-refractivity contribution in [2.24, 2.45) is 0 Å². The largest absolute Gasteiger partial charge is 0.481 e. The van der Waals surface area contributed by atoms with Crippen LogP contribution in [-0.2, 0) is 17.9 Å². The van der Waals surface area contributed by atoms with E-state index < -0.39 is 6.10 Å². The van der Waals surface area contributed by atoms with Crippen molar-refractivity contribution in [2.45, 2.75) is 52.3 Å². The van der Waals surface area contributed by atoms with E-state index in [-0.39, 0.29) is 5.91 Å². The summed E-state index contributed by atoms with van der Waals surface area (Å²) >= 11 is 0. The van der Waals surface area contributed by atoms with Gasteiger partial charge in [-0.15, -0.1) is 0 Å². The van der Waals surface area contributed by atoms with Crippen molar-refractivity contribution >= 4 is 5.91 Å². The molecular weight excluding hydrogens is 336 g/mol. The van der Waals surface area contributed by atoms with Crippen LogP contribution in [0.2, 0.25) is 0 Å². The Morgan fingerprint density at radius 3 is 2.41 bits per heavy atom. The Hall–Kier alpha value is -2.33. The van der Waals surface area contributed by atoms with Crippen LogP contribution in [0.5, 0.6) is 5.75 Å². The van der Waals surface area contributed by atoms with Crippen molar-refractivity contribution in [1.82, 2.24) is 10.2 Å². The second kappa shape index (κ2) is 9.56. The molecule has 1 aliphatic heterocycles. The van der Waals surface area contributed by atoms with Crippen LogP contribution >= 0.6 is 0 Å². The van der Waals surface area contributed by atoms with E-state index in [9.17, 15) is 4.79 Å². The van der Waals surface area contributed by atoms with E-state index in [0.29, 0.717) is 12.3 Å². The van der Waals surface area contributed by atoms with Gasteiger partial charge in [0.2, 0.25) is 0 Å². The molecule has 0 aliphatic carbocycles. The molecule has 3 rings (SSSR count). The average molecular weight is 367 g/mol. The maximum atomic E-state index is 12.4. The van der Waals surface area contributed by atoms with Gasteiger partial charge in [-0.1, -0.05) is 48.4 Å². The van der Waals surface area contributed by atoms with E-state index in [1.165, 1.54) is 49.0 Å². The Morgan fingerprint density at radius 1 is 1.04 bits per heavy atom. The molecule has 2 aromatic carbocycles. The van der Waals surface area contributed by atoms with Gasteiger partial charge in [-0.25, -0.2) is 0 Å². The number of carbonyl (C=O) groups is 1. The number of amides is 1. The van der Waals surface area contributed by atoms with Crippen LogP contribution < -0.4 is 10.1 Å². The monoisotopic (exact) mass is 366 g/mol. The summed E-state index contributed by atoms with van der Waals surface area (Å²) in [6, 6.07) is 16.1. The van der Waals surface area contributed by atoms with Crippen molar-refractivity contribution in [1.29, 1.82) is 0 Å². The lowest BCUT2D eigenvalue weighted by Gasteiger charge is -2.27. The van der Waals surface area contributed by atoms with E-state index in [1.807, 2.05) is 37.3 Å². The molecule has 0 aromatic heterocycles. The van der Waals surface area contributed by atoms with Crippen LogP contribution in [0.4, 0.5) is 0 Å². The summed E-state index contributed by atoms with van der Waals surface area (Å²) in [5.74, 6) is 0.622. The molecule has 1 saturated heterocycles. The Kier molecular flexibility index (Phi) is 6.88. The number of aryl methyl sites for hydroxylation is 1. The molecule has 0 spiro atoms. The lowest BCUT2D eigenvalue weighted by molar-refractivity contribution is -0.127. The zero-order chi connectivity index (χ0) is 19.1. The van der Waals surface area contributed by atoms with Gasteiger partial charge in [0, 0.05) is 13.1 Å². The molecule has 1 aliphatic rings. The molecule has 0 unspecified atom stereocenters. The number of likely N-dealkylation sites (tertiary alicyclic amines) is 1. The fourth-order valence-electron chi connectivity index (χ4n) is 3.44. The highest BCUT2D eigenvalue weighted by atomic mass is 16.5. The number of rotatable bonds is 7. The van der Waals surface area contributed by atoms with Crippen LogP contribution in [0.1, 0.15) is 42.9 Å². The Bertz CT molecular complexity index is 736. The number of ether oxygens (including phenoxy) is 1. The van der Waals surface area contributed by atoms with Crippen molar-refractivity contribution in [3.63, 3.8) is 0 Å². The molecule has 2 aromatic rings. The molecule has 1 amide bonds. The van der Waals surface area contributed by atoms with Crippen LogP contribution in [-0.4, -0.2) is 30.0 Å². The minimum atomic E-state index is -0.526. The number of piperidine rings is 1. The SMILES string of the molecule is Cc1ccc(O[C@H](C)C(=O)NCc2ccccc2CN2CCCCC2)cc1. The summed E-state index contributed by atoms with van der Waals surface area (Å²) < 4.78 is 5.75. The standard InChI is InChI=1S/C23H30N2O2/c1-18-10-12-22(13-11-18)27-19(2)23(26)24-16-20-8-4-5-9-21(20)17-25-14-6-3-7-15-25/h4-5,8-13,19H,3,6-7,14-17H2,1-2H3,(H,24,26)/t19-/m1/s1. The zero-order valence-electron chi connectivity index (χ0n) is 16.4. The molecule has 4 heteroatoms. The lowest BCUT2D eigenvalue weighted by Crippen LogP contribution is -2.36. The summed E-state index contributed by atoms with van der Waals surface area (Å²) in [5.41, 5.74) is 3.65. The highest BCUT2D eigenvalue weighted by Gasteiger charge is 2.16. The number of benzene rings is 2. The molecule has 27 heavy (non-hydrogen) atoms. The molecule has 1 heterocycles. The molecule has 1 N–H and O–H groups in total. The van der Waals surface area contributed by atoms with Crippen LogP contribution in [0.25, 0.3) is 0 Å². The summed E-state index contributed by atoms with van der Waals surface area (Å²) in [7, 11) is 0. The molecule has 0 saturated carbocycles. The topological polar surface area (TPSA) is 41.6 Å². The summed E-state index contributed by atoms with van der Waals surface area (Å²) in [6.07, 6.45) is 3.38. The maximum Gasteiger partial charge on any atom is 0.261 e. The van der Waals surface area contributed by atoms with Gasteiger partial charge in [0.15, 0.2) is 6.10 Å². The highest BCUT2D eigenvalue weighted by molar-refractivity contribution is 5.80. The molecule has 144 valence electrons. The zero-order valence-corrected chi connectivity index (χ0v) is 16.4. The molecule has 1 atom stereocenters. The third-order valence-corrected chi connectivity index (χ3v) is 5.12. The minimum absolute atomic E-state index is 0.0941. The average Bonchev–Trinajstić information content (AvgIpc) is 2.69. The van der Waals surface area contributed by atoms with Gasteiger partial charge in [-0.05, 0) is 63.0 Å². The van der Waals surface area contributed by atoms with E-state index >= 15 is 0 Å². The first-order valence-electron chi connectivity index (χ1n) is 9.92. The van der Waals surface area contributed by atoms with Gasteiger partial charge in [-0.3, -0.25) is 9.69 Å². The number of nitrogens with zero attached hydrogens (tertiary/aromatic N) is 1. The van der Waals surface area contributed by atoms with E-state index in [4.69, 9.17) is 4.74 Å². The Balaban J connectivity index is 1.54. The predicted molar refractivity (Wildman–Crippen MR) is 109 cm³/mol. The third kappa shape index (κ3) is 5.83. The first-order valence-corrected chi connectivity index (χ1v) is 9.92. The van der Waals surface area contributed by atoms with Crippen molar-refractivity contribution in [2.75, 3.05) is 13.1 Å². The Labute approximate surface area is 162 Å². The fraction of sp³-hybridized carbons (Fsp3) is 0.435. The smallest absolute Gasteiger partial charge is 0.261 e. The van der Waals surface area contributed by atoms with Crippen LogP contribution in [0, 0.1) is 6.92 Å². The second-order valence-electron chi connectivity index (χ2n) is 7.40. The van der Waals surface area contributed by atoms with Crippen LogP contribution in [0.15, 0.2) is 48.5 Å². The van der Waals surface area contributed by atoms with Gasteiger partial charge in [-0.2, -0.15) is 0 Å². The number of hydrogen-bond acceptors (Lipinski definition) is 3. The molecule has 1 fully saturated rings. The van der Waals surface area contributed by atoms with Gasteiger partial charge in [0.25, 0.3) is 5.91 Å². The molecule has 0 radical (unpaired) electrons. The van der Waals surface area contributed by atoms with E-state index in [0.717, 1.165) is 6.54 Å². The summed E-state index contributed by atoms with van der Waals surface area (Å²) in [4.78, 5) is 14.9. The van der Waals surface area contributed by atoms with E-state index in [2.05, 4.69) is 28.4 Å². The molecule has 0 bridgehead atoms. The molecule has 4 nitrogen and oxygen atoms in total. The normalized spacial score (nSPS) is 15.9. The van der Waals surface area contributed by atoms with Gasteiger partial charge < -0.3 is 10.1 Å². The second-order valence-corrected chi connectivity index (χ2v) is 7.40. The first kappa shape index (κ1) is 19.4. The van der Waals surface area contributed by atoms with Gasteiger partial charge in [0.05, 0.1) is 0 Å². The number of hydrogen-bond donors (Lipinski definition) is 1. The highest BCUT2D eigenvalue weighted by Crippen LogP contribution is 2.17. The minimum Gasteiger partial charge on any atom is -0.481 e. The fourth-order valence-corrected chi connectivity index (χ4v) is 3.44. The Morgan fingerprint density at radius 2 is 1.70 bits per heavy atom. The quantitative estimate of drug-likeness (QED) is 0.803. The summed E-state index contributed by atoms with van der Waals surface area (Å²) in [6.45, 7) is 7.65. The van der Waals surface area contributed by atoms with Crippen LogP contribution in [0.3, 0.4) is 0 Å². The predicted octanol–water partition coefficient (Wildman–Crippen LogP) is 4.06. The maximum absolute atomic E-state index is 12.4. The first-order chi connectivity index (χ1) is 13.1. The van der Waals surface area contributed by atoms with Gasteiger partial charge in [0.1, 0.15) is 5.75 Å². The third-order valence-electron chi connectivity index (χ3n) is 5.12. The number of carbonyl (C=O) groups excluding carboxylic acids is 1. The van der Waals surface area contributed by atoms with Crippen molar-refractivity contribution < 1.29 is 9.53 Å². The number of nitrogens with one attached hydrogen (secondary N) is 1. The van der Waals surface area contributed by atoms with Gasteiger partial charge >= 0.3 is 0 Å². The summed E-state index contributed by atoms with van der Waals surface area (Å²) in [5, 5.41) is 3.03. The van der Waals surface area contributed by atoms with Crippen molar-refractivity contribution in [3.8, 4) is 5.75 Å².